The number of fused-ring (bicyclic) bond motifs is 2. The molecule has 3 rings (SSSR count). The first kappa shape index (κ1) is 15.8. The molecule has 0 aromatic carbocycles. The average Bonchev–Trinajstić information content (AvgIpc) is 2.80. The molecule has 1 N–H and O–H groups in total. The molecule has 2 aliphatic carbocycles. The third-order valence-electron chi connectivity index (χ3n) is 7.42. The van der Waals surface area contributed by atoms with E-state index in [0.717, 1.165) is 38.3 Å². The molecule has 22 heavy (non-hydrogen) atoms. The minimum Gasteiger partial charge on any atom is -0.353 e. The number of carbonyl (C=O) groups is 2. The SMILES string of the molecule is CC(=O)N1CCC(C(=O)NC2CC3CCC2(C)C3(C)C)CC1. The van der Waals surface area contributed by atoms with E-state index in [9.17, 15) is 9.59 Å². The molecule has 1 heterocycles. The van der Waals surface area contributed by atoms with Crippen LogP contribution in [0.2, 0.25) is 0 Å². The Labute approximate surface area is 134 Å². The number of nitrogens with zero attached hydrogens (tertiary/aromatic N) is 1. The molecule has 0 aromatic heterocycles. The van der Waals surface area contributed by atoms with Crippen LogP contribution in [0.15, 0.2) is 0 Å². The fourth-order valence-electron chi connectivity index (χ4n) is 5.17. The number of hydrogen-bond donors (Lipinski definition) is 1. The number of amides is 2. The summed E-state index contributed by atoms with van der Waals surface area (Å²) in [6.45, 7) is 10.2. The van der Waals surface area contributed by atoms with Crippen molar-refractivity contribution in [1.29, 1.82) is 0 Å². The van der Waals surface area contributed by atoms with Crippen LogP contribution in [0.1, 0.15) is 59.8 Å². The molecule has 2 bridgehead atoms. The third-order valence-corrected chi connectivity index (χ3v) is 7.42. The van der Waals surface area contributed by atoms with Gasteiger partial charge in [-0.15, -0.1) is 0 Å². The van der Waals surface area contributed by atoms with E-state index in [1.165, 1.54) is 12.8 Å². The summed E-state index contributed by atoms with van der Waals surface area (Å²) in [6.07, 6.45) is 5.30. The topological polar surface area (TPSA) is 49.4 Å². The van der Waals surface area contributed by atoms with Gasteiger partial charge in [0.05, 0.1) is 0 Å². The minimum atomic E-state index is 0.0847. The Kier molecular flexibility index (Phi) is 3.77. The second kappa shape index (κ2) is 5.24. The summed E-state index contributed by atoms with van der Waals surface area (Å²) < 4.78 is 0. The van der Waals surface area contributed by atoms with Gasteiger partial charge in [-0.25, -0.2) is 0 Å². The number of hydrogen-bond acceptors (Lipinski definition) is 2. The van der Waals surface area contributed by atoms with E-state index in [0.29, 0.717) is 11.5 Å². The molecule has 1 aliphatic heterocycles. The van der Waals surface area contributed by atoms with Crippen LogP contribution in [0, 0.1) is 22.7 Å². The van der Waals surface area contributed by atoms with Crippen molar-refractivity contribution in [2.45, 2.75) is 65.8 Å². The zero-order valence-electron chi connectivity index (χ0n) is 14.4. The zero-order chi connectivity index (χ0) is 16.1. The second-order valence-corrected chi connectivity index (χ2v) is 8.45. The number of rotatable bonds is 2. The molecule has 4 heteroatoms. The van der Waals surface area contributed by atoms with Crippen LogP contribution >= 0.6 is 0 Å². The van der Waals surface area contributed by atoms with Crippen LogP contribution in [0.3, 0.4) is 0 Å². The van der Waals surface area contributed by atoms with Gasteiger partial charge >= 0.3 is 0 Å². The Morgan fingerprint density at radius 3 is 2.18 bits per heavy atom. The maximum atomic E-state index is 12.6. The van der Waals surface area contributed by atoms with E-state index in [1.807, 2.05) is 4.90 Å². The van der Waals surface area contributed by atoms with E-state index in [-0.39, 0.29) is 23.1 Å². The van der Waals surface area contributed by atoms with Gasteiger partial charge in [-0.2, -0.15) is 0 Å². The van der Waals surface area contributed by atoms with Crippen molar-refractivity contribution in [2.75, 3.05) is 13.1 Å². The van der Waals surface area contributed by atoms with Gasteiger partial charge in [0, 0.05) is 32.0 Å². The summed E-state index contributed by atoms with van der Waals surface area (Å²) in [4.78, 5) is 25.9. The lowest BCUT2D eigenvalue weighted by atomic mass is 9.69. The maximum absolute atomic E-state index is 12.6. The van der Waals surface area contributed by atoms with Crippen molar-refractivity contribution in [3.63, 3.8) is 0 Å². The van der Waals surface area contributed by atoms with E-state index in [2.05, 4.69) is 26.1 Å². The molecular weight excluding hydrogens is 276 g/mol. The van der Waals surface area contributed by atoms with Crippen LogP contribution in [0.4, 0.5) is 0 Å². The van der Waals surface area contributed by atoms with E-state index < -0.39 is 0 Å². The highest BCUT2D eigenvalue weighted by Gasteiger charge is 2.61. The quantitative estimate of drug-likeness (QED) is 0.852. The highest BCUT2D eigenvalue weighted by molar-refractivity contribution is 5.80. The average molecular weight is 306 g/mol. The molecule has 4 nitrogen and oxygen atoms in total. The standard InChI is InChI=1S/C18H30N2O2/c1-12(21)20-9-6-13(7-10-20)16(22)19-15-11-14-5-8-18(15,4)17(14,2)3/h13-15H,5-11H2,1-4H3,(H,19,22). The third kappa shape index (κ3) is 2.26. The summed E-state index contributed by atoms with van der Waals surface area (Å²) in [6, 6.07) is 0.333. The van der Waals surface area contributed by atoms with Crippen LogP contribution in [-0.2, 0) is 9.59 Å². The molecule has 3 unspecified atom stereocenters. The van der Waals surface area contributed by atoms with Gasteiger partial charge in [0.2, 0.25) is 11.8 Å². The molecule has 3 fully saturated rings. The van der Waals surface area contributed by atoms with Crippen molar-refractivity contribution >= 4 is 11.8 Å². The first-order chi connectivity index (χ1) is 10.3. The molecule has 2 saturated carbocycles. The van der Waals surface area contributed by atoms with Crippen LogP contribution in [0.5, 0.6) is 0 Å². The lowest BCUT2D eigenvalue weighted by molar-refractivity contribution is -0.134. The van der Waals surface area contributed by atoms with E-state index >= 15 is 0 Å². The predicted molar refractivity (Wildman–Crippen MR) is 86.1 cm³/mol. The summed E-state index contributed by atoms with van der Waals surface area (Å²) >= 11 is 0. The Bertz CT molecular complexity index is 479. The molecule has 3 atom stereocenters. The van der Waals surface area contributed by atoms with Gasteiger partial charge in [-0.3, -0.25) is 9.59 Å². The van der Waals surface area contributed by atoms with Crippen molar-refractivity contribution in [3.05, 3.63) is 0 Å². The first-order valence-electron chi connectivity index (χ1n) is 8.81. The molecule has 1 saturated heterocycles. The highest BCUT2D eigenvalue weighted by atomic mass is 16.2. The van der Waals surface area contributed by atoms with Crippen molar-refractivity contribution in [3.8, 4) is 0 Å². The van der Waals surface area contributed by atoms with Gasteiger partial charge in [0.1, 0.15) is 0 Å². The second-order valence-electron chi connectivity index (χ2n) is 8.45. The lowest BCUT2D eigenvalue weighted by Crippen LogP contribution is -2.50. The van der Waals surface area contributed by atoms with Gasteiger partial charge in [0.25, 0.3) is 0 Å². The monoisotopic (exact) mass is 306 g/mol. The van der Waals surface area contributed by atoms with E-state index in [4.69, 9.17) is 0 Å². The fraction of sp³-hybridized carbons (Fsp3) is 0.889. The Hall–Kier alpha value is -1.06. The minimum absolute atomic E-state index is 0.0847. The number of carbonyl (C=O) groups excluding carboxylic acids is 2. The van der Waals surface area contributed by atoms with Crippen molar-refractivity contribution in [1.82, 2.24) is 10.2 Å². The smallest absolute Gasteiger partial charge is 0.223 e. The largest absolute Gasteiger partial charge is 0.353 e. The summed E-state index contributed by atoms with van der Waals surface area (Å²) in [5.41, 5.74) is 0.580. The highest BCUT2D eigenvalue weighted by Crippen LogP contribution is 2.65. The first-order valence-corrected chi connectivity index (χ1v) is 8.81. The molecular formula is C18H30N2O2. The van der Waals surface area contributed by atoms with Crippen LogP contribution in [-0.4, -0.2) is 35.8 Å². The Morgan fingerprint density at radius 2 is 1.73 bits per heavy atom. The molecule has 3 aliphatic rings. The molecule has 0 radical (unpaired) electrons. The van der Waals surface area contributed by atoms with Crippen LogP contribution in [0.25, 0.3) is 0 Å². The normalized spacial score (nSPS) is 37.4. The molecule has 0 aromatic rings. The molecule has 2 amide bonds. The summed E-state index contributed by atoms with van der Waals surface area (Å²) in [5, 5.41) is 3.38. The number of likely N-dealkylation sites (tertiary alicyclic amines) is 1. The number of nitrogens with one attached hydrogen (secondary N) is 1. The predicted octanol–water partition coefficient (Wildman–Crippen LogP) is 2.58. The van der Waals surface area contributed by atoms with Crippen LogP contribution < -0.4 is 5.32 Å². The Morgan fingerprint density at radius 1 is 1.09 bits per heavy atom. The lowest BCUT2D eigenvalue weighted by Gasteiger charge is -2.40. The van der Waals surface area contributed by atoms with Gasteiger partial charge in [-0.05, 0) is 48.9 Å². The van der Waals surface area contributed by atoms with Gasteiger partial charge in [-0.1, -0.05) is 20.8 Å². The van der Waals surface area contributed by atoms with Crippen molar-refractivity contribution < 1.29 is 9.59 Å². The van der Waals surface area contributed by atoms with Gasteiger partial charge < -0.3 is 10.2 Å². The maximum Gasteiger partial charge on any atom is 0.223 e. The fourth-order valence-corrected chi connectivity index (χ4v) is 5.17. The zero-order valence-corrected chi connectivity index (χ0v) is 14.4. The Balaban J connectivity index is 1.59. The van der Waals surface area contributed by atoms with Crippen molar-refractivity contribution in [2.24, 2.45) is 22.7 Å². The van der Waals surface area contributed by atoms with E-state index in [1.54, 1.807) is 6.92 Å². The summed E-state index contributed by atoms with van der Waals surface area (Å²) in [5.74, 6) is 1.18. The molecule has 124 valence electrons. The summed E-state index contributed by atoms with van der Waals surface area (Å²) in [7, 11) is 0. The number of piperidine rings is 1. The van der Waals surface area contributed by atoms with Gasteiger partial charge in [0.15, 0.2) is 0 Å². The molecule has 0 spiro atoms.